The molecule has 1 saturated carbocycles. The Balaban J connectivity index is 2.15. The average molecular weight is 343 g/mol. The Morgan fingerprint density at radius 3 is 2.33 bits per heavy atom. The first-order valence-electron chi connectivity index (χ1n) is 9.77. The fraction of sp³-hybridized carbons (Fsp3) is 0.591. The van der Waals surface area contributed by atoms with Gasteiger partial charge in [0.25, 0.3) is 0 Å². The molecule has 1 fully saturated rings. The molecule has 1 aliphatic rings. The molecule has 0 unspecified atom stereocenters. The molecular formula is C22H34OSi. The van der Waals surface area contributed by atoms with E-state index in [4.69, 9.17) is 0 Å². The van der Waals surface area contributed by atoms with Gasteiger partial charge in [0.1, 0.15) is 5.78 Å². The van der Waals surface area contributed by atoms with Crippen molar-refractivity contribution in [2.75, 3.05) is 0 Å². The van der Waals surface area contributed by atoms with Gasteiger partial charge < -0.3 is 0 Å². The molecule has 24 heavy (non-hydrogen) atoms. The molecule has 1 nitrogen and oxygen atoms in total. The van der Waals surface area contributed by atoms with E-state index in [9.17, 15) is 4.79 Å². The van der Waals surface area contributed by atoms with Crippen molar-refractivity contribution in [2.45, 2.75) is 71.5 Å². The van der Waals surface area contributed by atoms with E-state index in [1.165, 1.54) is 30.1 Å². The first-order valence-corrected chi connectivity index (χ1v) is 12.5. The highest BCUT2D eigenvalue weighted by atomic mass is 28.3. The van der Waals surface area contributed by atoms with Crippen molar-refractivity contribution >= 4 is 13.9 Å². The second-order valence-electron chi connectivity index (χ2n) is 7.82. The Morgan fingerprint density at radius 1 is 1.12 bits per heavy atom. The summed E-state index contributed by atoms with van der Waals surface area (Å²) in [6.07, 6.45) is 6.48. The Bertz CT molecular complexity index is 550. The first kappa shape index (κ1) is 19.2. The number of carbonyl (C=O) groups is 1. The zero-order valence-corrected chi connectivity index (χ0v) is 17.0. The van der Waals surface area contributed by atoms with Crippen LogP contribution in [0.4, 0.5) is 0 Å². The maximum Gasteiger partial charge on any atom is 0.145 e. The van der Waals surface area contributed by atoms with Crippen LogP contribution in [0.1, 0.15) is 52.5 Å². The summed E-state index contributed by atoms with van der Waals surface area (Å²) in [5.41, 5.74) is 3.56. The van der Waals surface area contributed by atoms with Crippen LogP contribution in [0.25, 0.3) is 0 Å². The largest absolute Gasteiger partial charge is 0.298 e. The average Bonchev–Trinajstić information content (AvgIpc) is 2.62. The lowest BCUT2D eigenvalue weighted by molar-refractivity contribution is -0.132. The van der Waals surface area contributed by atoms with Crippen LogP contribution in [0.5, 0.6) is 0 Å². The second-order valence-corrected chi connectivity index (χ2v) is 13.0. The van der Waals surface area contributed by atoms with E-state index in [0.717, 1.165) is 19.3 Å². The molecule has 0 spiro atoms. The highest BCUT2D eigenvalue weighted by molar-refractivity contribution is 6.84. The van der Waals surface area contributed by atoms with Gasteiger partial charge in [-0.1, -0.05) is 87.4 Å². The number of Topliss-reactive ketones (excluding diaryl/α,β-unsaturated/α-hetero) is 1. The third-order valence-electron chi connectivity index (χ3n) is 6.42. The molecule has 0 amide bonds. The summed E-state index contributed by atoms with van der Waals surface area (Å²) >= 11 is 0. The zero-order chi connectivity index (χ0) is 17.6. The zero-order valence-electron chi connectivity index (χ0n) is 16.0. The van der Waals surface area contributed by atoms with Gasteiger partial charge in [-0.25, -0.2) is 0 Å². The van der Waals surface area contributed by atoms with Crippen LogP contribution in [0.15, 0.2) is 42.1 Å². The molecule has 2 rings (SSSR count). The molecule has 132 valence electrons. The minimum atomic E-state index is -1.31. The van der Waals surface area contributed by atoms with Crippen LogP contribution in [0.3, 0.4) is 0 Å². The number of benzene rings is 1. The van der Waals surface area contributed by atoms with Crippen LogP contribution in [0.2, 0.25) is 18.1 Å². The first-order chi connectivity index (χ1) is 11.5. The minimum Gasteiger partial charge on any atom is -0.298 e. The Hall–Kier alpha value is -1.15. The highest BCUT2D eigenvalue weighted by Crippen LogP contribution is 2.39. The molecular weight excluding hydrogens is 308 g/mol. The molecule has 0 aromatic heterocycles. The van der Waals surface area contributed by atoms with Crippen molar-refractivity contribution in [3.05, 3.63) is 47.7 Å². The Labute approximate surface area is 149 Å². The fourth-order valence-corrected chi connectivity index (χ4v) is 7.09. The van der Waals surface area contributed by atoms with E-state index in [-0.39, 0.29) is 11.3 Å². The molecule has 1 aromatic carbocycles. The molecule has 0 saturated heterocycles. The second kappa shape index (κ2) is 8.29. The van der Waals surface area contributed by atoms with E-state index in [1.807, 2.05) is 6.07 Å². The smallest absolute Gasteiger partial charge is 0.145 e. The quantitative estimate of drug-likeness (QED) is 0.538. The highest BCUT2D eigenvalue weighted by Gasteiger charge is 2.39. The summed E-state index contributed by atoms with van der Waals surface area (Å²) in [7, 11) is -1.31. The number of rotatable bonds is 7. The van der Waals surface area contributed by atoms with Crippen molar-refractivity contribution in [1.82, 2.24) is 0 Å². The van der Waals surface area contributed by atoms with Gasteiger partial charge in [-0.15, -0.1) is 0 Å². The standard InChI is InChI=1S/C22H34OSi/c1-5-24(6-2,7-3)17-16-22(4)15-11-14-20(21(22)23)18-19-12-9-8-10-13-19/h8-10,12-13,16-17,20H,5-7,11,14-15,18H2,1-4H3/b17-16+/t20-,22-/m0/s1. The normalized spacial score (nSPS) is 25.3. The lowest BCUT2D eigenvalue weighted by Gasteiger charge is -2.36. The Morgan fingerprint density at radius 2 is 1.75 bits per heavy atom. The van der Waals surface area contributed by atoms with Crippen LogP contribution in [-0.2, 0) is 11.2 Å². The van der Waals surface area contributed by atoms with E-state index in [2.05, 4.69) is 63.7 Å². The van der Waals surface area contributed by atoms with Crippen molar-refractivity contribution in [3.8, 4) is 0 Å². The summed E-state index contributed by atoms with van der Waals surface area (Å²) < 4.78 is 0. The van der Waals surface area contributed by atoms with E-state index in [0.29, 0.717) is 5.78 Å². The number of carbonyl (C=O) groups excluding carboxylic acids is 1. The van der Waals surface area contributed by atoms with Crippen LogP contribution < -0.4 is 0 Å². The molecule has 0 N–H and O–H groups in total. The van der Waals surface area contributed by atoms with Crippen molar-refractivity contribution in [1.29, 1.82) is 0 Å². The SMILES string of the molecule is CC[Si](/C=C/[C@]1(C)CCC[C@@H](Cc2ccccc2)C1=O)(CC)CC. The number of hydrogen-bond donors (Lipinski definition) is 0. The van der Waals surface area contributed by atoms with Gasteiger partial charge in [-0.2, -0.15) is 0 Å². The molecule has 0 bridgehead atoms. The molecule has 2 heteroatoms. The van der Waals surface area contributed by atoms with Crippen LogP contribution >= 0.6 is 0 Å². The summed E-state index contributed by atoms with van der Waals surface area (Å²) in [5, 5.41) is 0. The summed E-state index contributed by atoms with van der Waals surface area (Å²) in [6.45, 7) is 9.16. The van der Waals surface area contributed by atoms with E-state index in [1.54, 1.807) is 0 Å². The molecule has 0 aliphatic heterocycles. The molecule has 2 atom stereocenters. The van der Waals surface area contributed by atoms with Crippen LogP contribution in [0, 0.1) is 11.3 Å². The predicted molar refractivity (Wildman–Crippen MR) is 107 cm³/mol. The van der Waals surface area contributed by atoms with Gasteiger partial charge in [-0.05, 0) is 31.7 Å². The van der Waals surface area contributed by atoms with Crippen molar-refractivity contribution in [3.63, 3.8) is 0 Å². The van der Waals surface area contributed by atoms with Gasteiger partial charge in [0.15, 0.2) is 0 Å². The summed E-state index contributed by atoms with van der Waals surface area (Å²) in [4.78, 5) is 13.2. The van der Waals surface area contributed by atoms with E-state index >= 15 is 0 Å². The number of ketones is 1. The number of hydrogen-bond acceptors (Lipinski definition) is 1. The lowest BCUT2D eigenvalue weighted by Crippen LogP contribution is -2.38. The molecule has 0 heterocycles. The lowest BCUT2D eigenvalue weighted by atomic mass is 9.68. The predicted octanol–water partition coefficient (Wildman–Crippen LogP) is 6.21. The van der Waals surface area contributed by atoms with Crippen molar-refractivity contribution < 1.29 is 4.79 Å². The molecule has 1 aromatic rings. The summed E-state index contributed by atoms with van der Waals surface area (Å²) in [6, 6.07) is 14.4. The topological polar surface area (TPSA) is 17.1 Å². The molecule has 0 radical (unpaired) electrons. The number of allylic oxidation sites excluding steroid dienone is 1. The van der Waals surface area contributed by atoms with Crippen LogP contribution in [-0.4, -0.2) is 13.9 Å². The minimum absolute atomic E-state index is 0.191. The van der Waals surface area contributed by atoms with Gasteiger partial charge in [0, 0.05) is 11.3 Å². The maximum atomic E-state index is 13.2. The van der Waals surface area contributed by atoms with Crippen molar-refractivity contribution in [2.24, 2.45) is 11.3 Å². The summed E-state index contributed by atoms with van der Waals surface area (Å²) in [5.74, 6) is 0.664. The third kappa shape index (κ3) is 4.27. The Kier molecular flexibility index (Phi) is 6.62. The third-order valence-corrected chi connectivity index (χ3v) is 11.5. The van der Waals surface area contributed by atoms with Gasteiger partial charge in [-0.3, -0.25) is 4.79 Å². The van der Waals surface area contributed by atoms with Gasteiger partial charge in [0.2, 0.25) is 0 Å². The van der Waals surface area contributed by atoms with Gasteiger partial charge in [0.05, 0.1) is 8.07 Å². The van der Waals surface area contributed by atoms with Gasteiger partial charge >= 0.3 is 0 Å². The fourth-order valence-electron chi connectivity index (χ4n) is 4.16. The monoisotopic (exact) mass is 342 g/mol. The maximum absolute atomic E-state index is 13.2. The molecule has 1 aliphatic carbocycles. The van der Waals surface area contributed by atoms with E-state index < -0.39 is 8.07 Å².